The van der Waals surface area contributed by atoms with Gasteiger partial charge in [0.05, 0.1) is 11.9 Å². The highest BCUT2D eigenvalue weighted by Crippen LogP contribution is 2.26. The molecule has 146 valence electrons. The first-order valence-electron chi connectivity index (χ1n) is 8.64. The Bertz CT molecular complexity index is 961. The number of amides is 1. The topological polar surface area (TPSA) is 95.1 Å². The molecule has 0 saturated carbocycles. The molecule has 0 aliphatic rings. The van der Waals surface area contributed by atoms with Crippen molar-refractivity contribution in [2.24, 2.45) is 0 Å². The second-order valence-electron chi connectivity index (χ2n) is 5.89. The quantitative estimate of drug-likeness (QED) is 0.466. The molecule has 1 aromatic heterocycles. The van der Waals surface area contributed by atoms with Gasteiger partial charge in [-0.25, -0.2) is 9.07 Å². The number of anilines is 1. The van der Waals surface area contributed by atoms with Crippen LogP contribution in [0.25, 0.3) is 11.4 Å². The second kappa shape index (κ2) is 8.75. The average Bonchev–Trinajstić information content (AvgIpc) is 3.03. The van der Waals surface area contributed by atoms with Crippen molar-refractivity contribution in [2.75, 3.05) is 17.8 Å². The maximum Gasteiger partial charge on any atom is 0.237 e. The molecule has 0 unspecified atom stereocenters. The number of ether oxygens (including phenoxy) is 1. The number of nitrogens with one attached hydrogen (secondary N) is 1. The van der Waals surface area contributed by atoms with Crippen LogP contribution in [0.1, 0.15) is 13.8 Å². The third-order valence-electron chi connectivity index (χ3n) is 3.83. The number of halogens is 1. The fourth-order valence-electron chi connectivity index (χ4n) is 2.44. The van der Waals surface area contributed by atoms with E-state index in [4.69, 9.17) is 10.6 Å². The Labute approximate surface area is 166 Å². The molecule has 1 atom stereocenters. The Hall–Kier alpha value is -3.07. The van der Waals surface area contributed by atoms with Gasteiger partial charge >= 0.3 is 0 Å². The van der Waals surface area contributed by atoms with E-state index in [0.717, 1.165) is 23.1 Å². The van der Waals surface area contributed by atoms with Gasteiger partial charge in [-0.3, -0.25) is 4.79 Å². The minimum Gasteiger partial charge on any atom is -0.494 e. The molecule has 1 amide bonds. The van der Waals surface area contributed by atoms with Crippen molar-refractivity contribution in [3.63, 3.8) is 0 Å². The van der Waals surface area contributed by atoms with Gasteiger partial charge in [0.15, 0.2) is 5.82 Å². The van der Waals surface area contributed by atoms with E-state index in [9.17, 15) is 9.18 Å². The van der Waals surface area contributed by atoms with Crippen LogP contribution in [0, 0.1) is 5.82 Å². The summed E-state index contributed by atoms with van der Waals surface area (Å²) in [6.07, 6.45) is 0. The second-order valence-corrected chi connectivity index (χ2v) is 7.20. The fraction of sp³-hybridized carbons (Fsp3) is 0.211. The number of nitrogen functional groups attached to an aromatic ring is 1. The summed E-state index contributed by atoms with van der Waals surface area (Å²) in [7, 11) is 0. The molecule has 3 rings (SSSR count). The third kappa shape index (κ3) is 4.61. The van der Waals surface area contributed by atoms with Gasteiger partial charge in [0.1, 0.15) is 11.6 Å². The minimum atomic E-state index is -0.511. The first-order valence-corrected chi connectivity index (χ1v) is 9.52. The smallest absolute Gasteiger partial charge is 0.237 e. The monoisotopic (exact) mass is 401 g/mol. The van der Waals surface area contributed by atoms with E-state index in [1.54, 1.807) is 13.0 Å². The summed E-state index contributed by atoms with van der Waals surface area (Å²) in [5.74, 6) is 6.64. The third-order valence-corrected chi connectivity index (χ3v) is 4.89. The van der Waals surface area contributed by atoms with Gasteiger partial charge in [0.2, 0.25) is 11.1 Å². The average molecular weight is 401 g/mol. The highest BCUT2D eigenvalue weighted by atomic mass is 32.2. The molecule has 28 heavy (non-hydrogen) atoms. The van der Waals surface area contributed by atoms with Crippen LogP contribution in [0.15, 0.2) is 53.7 Å². The maximum absolute atomic E-state index is 13.2. The fourth-order valence-corrected chi connectivity index (χ4v) is 3.21. The summed E-state index contributed by atoms with van der Waals surface area (Å²) in [4.78, 5) is 12.3. The molecule has 0 fully saturated rings. The molecule has 3 aromatic rings. The van der Waals surface area contributed by atoms with Crippen molar-refractivity contribution in [1.29, 1.82) is 0 Å². The number of hydrogen-bond donors (Lipinski definition) is 2. The predicted octanol–water partition coefficient (Wildman–Crippen LogP) is 3.32. The van der Waals surface area contributed by atoms with E-state index in [2.05, 4.69) is 15.5 Å². The molecule has 3 N–H and O–H groups in total. The van der Waals surface area contributed by atoms with Gasteiger partial charge < -0.3 is 15.9 Å². The van der Waals surface area contributed by atoms with Gasteiger partial charge in [-0.05, 0) is 56.3 Å². The van der Waals surface area contributed by atoms with E-state index in [1.165, 1.54) is 22.9 Å². The normalized spacial score (nSPS) is 11.8. The number of thioether (sulfide) groups is 1. The maximum atomic E-state index is 13.2. The Morgan fingerprint density at radius 2 is 2.04 bits per heavy atom. The Morgan fingerprint density at radius 3 is 2.71 bits per heavy atom. The van der Waals surface area contributed by atoms with Crippen LogP contribution >= 0.6 is 11.8 Å². The van der Waals surface area contributed by atoms with Crippen molar-refractivity contribution in [3.8, 4) is 17.1 Å². The molecular formula is C19H20FN5O2S. The van der Waals surface area contributed by atoms with E-state index < -0.39 is 11.1 Å². The number of aromatic nitrogens is 3. The first-order chi connectivity index (χ1) is 13.5. The molecule has 0 radical (unpaired) electrons. The molecule has 0 spiro atoms. The van der Waals surface area contributed by atoms with Crippen LogP contribution in [0.4, 0.5) is 10.1 Å². The number of benzene rings is 2. The molecule has 7 nitrogen and oxygen atoms in total. The van der Waals surface area contributed by atoms with Crippen molar-refractivity contribution < 1.29 is 13.9 Å². The number of carbonyl (C=O) groups is 1. The minimum absolute atomic E-state index is 0.291. The lowest BCUT2D eigenvalue weighted by Gasteiger charge is -2.11. The number of nitrogens with zero attached hydrogens (tertiary/aromatic N) is 3. The molecule has 0 aliphatic heterocycles. The predicted molar refractivity (Wildman–Crippen MR) is 107 cm³/mol. The summed E-state index contributed by atoms with van der Waals surface area (Å²) in [6, 6.07) is 13.1. The van der Waals surface area contributed by atoms with Crippen molar-refractivity contribution in [2.45, 2.75) is 24.3 Å². The molecule has 9 heteroatoms. The zero-order chi connectivity index (χ0) is 20.1. The number of carbonyl (C=O) groups excluding carboxylic acids is 1. The van der Waals surface area contributed by atoms with Gasteiger partial charge in [-0.1, -0.05) is 17.8 Å². The van der Waals surface area contributed by atoms with Crippen LogP contribution in [-0.4, -0.2) is 32.6 Å². The Morgan fingerprint density at radius 1 is 1.29 bits per heavy atom. The summed E-state index contributed by atoms with van der Waals surface area (Å²) < 4.78 is 20.0. The highest BCUT2D eigenvalue weighted by Gasteiger charge is 2.20. The largest absolute Gasteiger partial charge is 0.494 e. The summed E-state index contributed by atoms with van der Waals surface area (Å²) in [6.45, 7) is 4.22. The van der Waals surface area contributed by atoms with E-state index >= 15 is 0 Å². The molecular weight excluding hydrogens is 381 g/mol. The molecule has 0 bridgehead atoms. The lowest BCUT2D eigenvalue weighted by Crippen LogP contribution is -2.23. The summed E-state index contributed by atoms with van der Waals surface area (Å²) >= 11 is 1.16. The number of rotatable bonds is 7. The SMILES string of the molecule is CCOc1ccc(-c2nnc(S[C@@H](C)C(=O)Nc3cccc(F)c3)n2N)cc1. The number of hydrogen-bond acceptors (Lipinski definition) is 6. The van der Waals surface area contributed by atoms with Crippen molar-refractivity contribution in [1.82, 2.24) is 14.9 Å². The van der Waals surface area contributed by atoms with Crippen LogP contribution < -0.4 is 15.9 Å². The van der Waals surface area contributed by atoms with Crippen molar-refractivity contribution >= 4 is 23.4 Å². The first kappa shape index (κ1) is 19.7. The van der Waals surface area contributed by atoms with Gasteiger partial charge in [-0.2, -0.15) is 0 Å². The number of nitrogens with two attached hydrogens (primary N) is 1. The molecule has 2 aromatic carbocycles. The summed E-state index contributed by atoms with van der Waals surface area (Å²) in [5.41, 5.74) is 1.17. The molecule has 1 heterocycles. The molecule has 0 aliphatic carbocycles. The van der Waals surface area contributed by atoms with Gasteiger partial charge in [0.25, 0.3) is 0 Å². The van der Waals surface area contributed by atoms with Crippen LogP contribution in [0.3, 0.4) is 0 Å². The van der Waals surface area contributed by atoms with Crippen molar-refractivity contribution in [3.05, 3.63) is 54.3 Å². The lowest BCUT2D eigenvalue weighted by atomic mass is 10.2. The Balaban J connectivity index is 1.68. The standard InChI is InChI=1S/C19H20FN5O2S/c1-3-27-16-9-7-13(8-10-16)17-23-24-19(25(17)21)28-12(2)18(26)22-15-6-4-5-14(20)11-15/h4-12H,3,21H2,1-2H3,(H,22,26)/t12-/m0/s1. The van der Waals surface area contributed by atoms with E-state index in [0.29, 0.717) is 23.3 Å². The van der Waals surface area contributed by atoms with Crippen LogP contribution in [-0.2, 0) is 4.79 Å². The Kier molecular flexibility index (Phi) is 6.15. The highest BCUT2D eigenvalue weighted by molar-refractivity contribution is 8.00. The van der Waals surface area contributed by atoms with Crippen LogP contribution in [0.2, 0.25) is 0 Å². The van der Waals surface area contributed by atoms with Gasteiger partial charge in [-0.15, -0.1) is 10.2 Å². The van der Waals surface area contributed by atoms with Crippen LogP contribution in [0.5, 0.6) is 5.75 Å². The zero-order valence-electron chi connectivity index (χ0n) is 15.4. The van der Waals surface area contributed by atoms with E-state index in [1.807, 2.05) is 31.2 Å². The van der Waals surface area contributed by atoms with E-state index in [-0.39, 0.29) is 5.91 Å². The molecule has 0 saturated heterocycles. The summed E-state index contributed by atoms with van der Waals surface area (Å²) in [5, 5.41) is 10.7. The zero-order valence-corrected chi connectivity index (χ0v) is 16.2. The van der Waals surface area contributed by atoms with Gasteiger partial charge in [0, 0.05) is 11.3 Å². The lowest BCUT2D eigenvalue weighted by molar-refractivity contribution is -0.115.